The number of sulfonamides is 1. The Morgan fingerprint density at radius 1 is 1.21 bits per heavy atom. The van der Waals surface area contributed by atoms with E-state index in [1.165, 1.54) is 7.11 Å². The highest BCUT2D eigenvalue weighted by Gasteiger charge is 2.36. The van der Waals surface area contributed by atoms with Crippen LogP contribution in [0.3, 0.4) is 0 Å². The lowest BCUT2D eigenvalue weighted by Crippen LogP contribution is -2.43. The van der Waals surface area contributed by atoms with Crippen LogP contribution in [0.1, 0.15) is 29.5 Å². The van der Waals surface area contributed by atoms with Gasteiger partial charge in [0.05, 0.1) is 17.6 Å². The minimum atomic E-state index is -4.65. The van der Waals surface area contributed by atoms with Crippen molar-refractivity contribution in [3.05, 3.63) is 59.2 Å². The summed E-state index contributed by atoms with van der Waals surface area (Å²) in [4.78, 5) is -0.503. The average molecular weight is 415 g/mol. The summed E-state index contributed by atoms with van der Waals surface area (Å²) in [5.74, 6) is 0.632. The van der Waals surface area contributed by atoms with Crippen molar-refractivity contribution >= 4 is 10.0 Å². The van der Waals surface area contributed by atoms with E-state index in [4.69, 9.17) is 4.74 Å². The zero-order valence-electron chi connectivity index (χ0n) is 15.1. The van der Waals surface area contributed by atoms with Gasteiger partial charge in [-0.15, -0.1) is 0 Å². The van der Waals surface area contributed by atoms with E-state index in [0.29, 0.717) is 30.2 Å². The minimum absolute atomic E-state index is 0.331. The smallest absolute Gasteiger partial charge is 0.416 e. The fourth-order valence-electron chi connectivity index (χ4n) is 3.38. The molecular formula is C19H20F3NO4S. The van der Waals surface area contributed by atoms with Crippen LogP contribution in [0.5, 0.6) is 5.75 Å². The standard InChI is InChI=1S/C19H20F3NO4S/c1-27-15-7-8-17-13(10-15)4-3-9-18(17,24)12-23-28(25,26)16-6-2-5-14(11-16)19(20,21)22/h2,5-8,10-11,23-24H,3-4,9,12H2,1H3. The number of aliphatic hydroxyl groups is 1. The second-order valence-electron chi connectivity index (χ2n) is 6.76. The van der Waals surface area contributed by atoms with Crippen molar-refractivity contribution < 1.29 is 31.4 Å². The molecule has 0 bridgehead atoms. The van der Waals surface area contributed by atoms with Gasteiger partial charge in [-0.3, -0.25) is 0 Å². The number of rotatable bonds is 5. The number of alkyl halides is 3. The maximum absolute atomic E-state index is 12.9. The highest BCUT2D eigenvalue weighted by molar-refractivity contribution is 7.89. The molecule has 5 nitrogen and oxygen atoms in total. The molecular weight excluding hydrogens is 395 g/mol. The van der Waals surface area contributed by atoms with Crippen molar-refractivity contribution in [2.45, 2.75) is 35.9 Å². The van der Waals surface area contributed by atoms with E-state index in [-0.39, 0.29) is 6.54 Å². The number of aryl methyl sites for hydroxylation is 1. The number of ether oxygens (including phenoxy) is 1. The maximum Gasteiger partial charge on any atom is 0.416 e. The molecule has 2 N–H and O–H groups in total. The van der Waals surface area contributed by atoms with Gasteiger partial charge in [0.2, 0.25) is 10.0 Å². The van der Waals surface area contributed by atoms with Gasteiger partial charge in [0.1, 0.15) is 11.4 Å². The minimum Gasteiger partial charge on any atom is -0.497 e. The lowest BCUT2D eigenvalue weighted by Gasteiger charge is -2.34. The summed E-state index contributed by atoms with van der Waals surface area (Å²) in [6, 6.07) is 8.65. The first-order valence-electron chi connectivity index (χ1n) is 8.62. The van der Waals surface area contributed by atoms with Crippen molar-refractivity contribution in [1.29, 1.82) is 0 Å². The second-order valence-corrected chi connectivity index (χ2v) is 8.53. The average Bonchev–Trinajstić information content (AvgIpc) is 2.66. The number of hydrogen-bond donors (Lipinski definition) is 2. The number of benzene rings is 2. The summed E-state index contributed by atoms with van der Waals surface area (Å²) in [5, 5.41) is 11.0. The molecule has 0 saturated heterocycles. The Morgan fingerprint density at radius 2 is 1.96 bits per heavy atom. The predicted molar refractivity (Wildman–Crippen MR) is 96.5 cm³/mol. The normalized spacial score (nSPS) is 19.9. The Labute approximate surface area is 161 Å². The molecule has 0 amide bonds. The van der Waals surface area contributed by atoms with Crippen LogP contribution >= 0.6 is 0 Å². The van der Waals surface area contributed by atoms with Crippen molar-refractivity contribution in [3.63, 3.8) is 0 Å². The van der Waals surface area contributed by atoms with E-state index in [2.05, 4.69) is 4.72 Å². The number of fused-ring (bicyclic) bond motifs is 1. The lowest BCUT2D eigenvalue weighted by atomic mass is 9.79. The predicted octanol–water partition coefficient (Wildman–Crippen LogP) is 3.22. The molecule has 9 heteroatoms. The third-order valence-electron chi connectivity index (χ3n) is 4.88. The van der Waals surface area contributed by atoms with Gasteiger partial charge in [-0.2, -0.15) is 13.2 Å². The van der Waals surface area contributed by atoms with Crippen molar-refractivity contribution in [1.82, 2.24) is 4.72 Å². The van der Waals surface area contributed by atoms with E-state index in [1.807, 2.05) is 0 Å². The van der Waals surface area contributed by atoms with Gasteiger partial charge >= 0.3 is 6.18 Å². The summed E-state index contributed by atoms with van der Waals surface area (Å²) >= 11 is 0. The van der Waals surface area contributed by atoms with Gasteiger partial charge in [-0.25, -0.2) is 13.1 Å². The van der Waals surface area contributed by atoms with E-state index in [9.17, 15) is 26.7 Å². The first kappa shape index (κ1) is 20.6. The second kappa shape index (κ2) is 7.38. The van der Waals surface area contributed by atoms with Gasteiger partial charge in [0, 0.05) is 6.54 Å². The van der Waals surface area contributed by atoms with Crippen molar-refractivity contribution in [2.75, 3.05) is 13.7 Å². The van der Waals surface area contributed by atoms with Gasteiger partial charge in [-0.05, 0) is 60.7 Å². The molecule has 0 aliphatic heterocycles. The van der Waals surface area contributed by atoms with E-state index < -0.39 is 32.3 Å². The van der Waals surface area contributed by atoms with Crippen LogP contribution in [-0.4, -0.2) is 27.2 Å². The lowest BCUT2D eigenvalue weighted by molar-refractivity contribution is -0.137. The third-order valence-corrected chi connectivity index (χ3v) is 6.28. The van der Waals surface area contributed by atoms with E-state index >= 15 is 0 Å². The summed E-state index contributed by atoms with van der Waals surface area (Å²) in [5.41, 5.74) is -1.06. The van der Waals surface area contributed by atoms with Crippen LogP contribution < -0.4 is 9.46 Å². The van der Waals surface area contributed by atoms with Gasteiger partial charge < -0.3 is 9.84 Å². The molecule has 1 aliphatic rings. The van der Waals surface area contributed by atoms with Gasteiger partial charge in [-0.1, -0.05) is 12.1 Å². The Hall–Kier alpha value is -2.10. The molecule has 3 rings (SSSR count). The quantitative estimate of drug-likeness (QED) is 0.786. The summed E-state index contributed by atoms with van der Waals surface area (Å²) < 4.78 is 71.0. The van der Waals surface area contributed by atoms with Crippen molar-refractivity contribution in [3.8, 4) is 5.75 Å². The van der Waals surface area contributed by atoms with Crippen LogP contribution in [0.15, 0.2) is 47.4 Å². The Balaban J connectivity index is 1.84. The number of hydrogen-bond acceptors (Lipinski definition) is 4. The molecule has 1 atom stereocenters. The first-order chi connectivity index (χ1) is 13.0. The summed E-state index contributed by atoms with van der Waals surface area (Å²) in [7, 11) is -2.70. The fourth-order valence-corrected chi connectivity index (χ4v) is 4.52. The molecule has 0 radical (unpaired) electrons. The van der Waals surface area contributed by atoms with Crippen LogP contribution in [-0.2, 0) is 28.2 Å². The van der Waals surface area contributed by atoms with Crippen LogP contribution in [0.2, 0.25) is 0 Å². The molecule has 0 fully saturated rings. The molecule has 2 aromatic rings. The topological polar surface area (TPSA) is 75.6 Å². The van der Waals surface area contributed by atoms with Crippen LogP contribution in [0, 0.1) is 0 Å². The summed E-state index contributed by atoms with van der Waals surface area (Å²) in [6.07, 6.45) is -2.96. The summed E-state index contributed by atoms with van der Waals surface area (Å²) in [6.45, 7) is -0.342. The van der Waals surface area contributed by atoms with E-state index in [0.717, 1.165) is 30.2 Å². The van der Waals surface area contributed by atoms with Gasteiger partial charge in [0.25, 0.3) is 0 Å². The Bertz CT molecular complexity index is 975. The zero-order valence-corrected chi connectivity index (χ0v) is 15.9. The highest BCUT2D eigenvalue weighted by atomic mass is 32.2. The monoisotopic (exact) mass is 415 g/mol. The molecule has 0 spiro atoms. The zero-order chi connectivity index (χ0) is 20.6. The number of methoxy groups -OCH3 is 1. The fraction of sp³-hybridized carbons (Fsp3) is 0.368. The molecule has 0 aromatic heterocycles. The van der Waals surface area contributed by atoms with Crippen LogP contribution in [0.25, 0.3) is 0 Å². The third kappa shape index (κ3) is 4.16. The Kier molecular flexibility index (Phi) is 5.44. The van der Waals surface area contributed by atoms with E-state index in [1.54, 1.807) is 18.2 Å². The maximum atomic E-state index is 12.9. The molecule has 0 heterocycles. The Morgan fingerprint density at radius 3 is 2.64 bits per heavy atom. The number of nitrogens with one attached hydrogen (secondary N) is 1. The highest BCUT2D eigenvalue weighted by Crippen LogP contribution is 2.37. The van der Waals surface area contributed by atoms with Crippen molar-refractivity contribution in [2.24, 2.45) is 0 Å². The van der Waals surface area contributed by atoms with Gasteiger partial charge in [0.15, 0.2) is 0 Å². The molecule has 152 valence electrons. The first-order valence-corrected chi connectivity index (χ1v) is 10.1. The SMILES string of the molecule is COc1ccc2c(c1)CCCC2(O)CNS(=O)(=O)c1cccc(C(F)(F)F)c1. The molecule has 1 aliphatic carbocycles. The number of halogens is 3. The largest absolute Gasteiger partial charge is 0.497 e. The molecule has 2 aromatic carbocycles. The molecule has 1 unspecified atom stereocenters. The van der Waals surface area contributed by atoms with Crippen LogP contribution in [0.4, 0.5) is 13.2 Å². The molecule has 28 heavy (non-hydrogen) atoms. The molecule has 0 saturated carbocycles.